The molecule has 120 valence electrons. The highest BCUT2D eigenvalue weighted by Gasteiger charge is 2.36. The molecule has 2 aliphatic heterocycles. The van der Waals surface area contributed by atoms with Crippen LogP contribution in [0.4, 0.5) is 0 Å². The number of likely N-dealkylation sites (tertiary alicyclic amines) is 1. The lowest BCUT2D eigenvalue weighted by molar-refractivity contribution is -0.131. The van der Waals surface area contributed by atoms with Crippen LogP contribution in [0.5, 0.6) is 0 Å². The molecule has 2 aliphatic rings. The maximum Gasteiger partial charge on any atom is 0.236 e. The number of hydrogen-bond acceptors (Lipinski definition) is 4. The maximum absolute atomic E-state index is 11.8. The first-order valence-corrected chi connectivity index (χ1v) is 7.80. The van der Waals surface area contributed by atoms with Crippen LogP contribution in [0.25, 0.3) is 0 Å². The van der Waals surface area contributed by atoms with Crippen LogP contribution in [0.15, 0.2) is 0 Å². The van der Waals surface area contributed by atoms with E-state index in [9.17, 15) is 9.59 Å². The highest BCUT2D eigenvalue weighted by Crippen LogP contribution is 2.22. The van der Waals surface area contributed by atoms with Crippen molar-refractivity contribution in [1.82, 2.24) is 19.6 Å². The van der Waals surface area contributed by atoms with E-state index in [-0.39, 0.29) is 11.8 Å². The first-order valence-electron chi connectivity index (χ1n) is 7.80. The fourth-order valence-electron chi connectivity index (χ4n) is 3.35. The molecule has 0 aromatic rings. The minimum atomic E-state index is 0.171. The molecule has 21 heavy (non-hydrogen) atoms. The molecular weight excluding hydrogens is 268 g/mol. The fourth-order valence-corrected chi connectivity index (χ4v) is 3.35. The third-order valence-electron chi connectivity index (χ3n) is 4.73. The largest absolute Gasteiger partial charge is 0.348 e. The minimum Gasteiger partial charge on any atom is -0.348 e. The Morgan fingerprint density at radius 3 is 2.24 bits per heavy atom. The van der Waals surface area contributed by atoms with E-state index in [0.717, 1.165) is 39.3 Å². The van der Waals surface area contributed by atoms with Crippen LogP contribution in [0, 0.1) is 5.92 Å². The molecule has 0 spiro atoms. The van der Waals surface area contributed by atoms with Crippen LogP contribution in [0.1, 0.15) is 13.8 Å². The number of likely N-dealkylation sites (N-methyl/N-ethyl adjacent to an activating group) is 1. The molecule has 0 saturated carbocycles. The molecule has 2 heterocycles. The zero-order chi connectivity index (χ0) is 15.6. The number of amides is 2. The Hall–Kier alpha value is -1.14. The van der Waals surface area contributed by atoms with Crippen molar-refractivity contribution in [1.29, 1.82) is 0 Å². The summed E-state index contributed by atoms with van der Waals surface area (Å²) in [4.78, 5) is 31.5. The number of nitrogens with zero attached hydrogens (tertiary/aromatic N) is 4. The van der Waals surface area contributed by atoms with Crippen molar-refractivity contribution >= 4 is 11.8 Å². The molecule has 0 bridgehead atoms. The number of rotatable bonds is 3. The average Bonchev–Trinajstić information content (AvgIpc) is 2.79. The van der Waals surface area contributed by atoms with Crippen molar-refractivity contribution in [2.45, 2.75) is 19.9 Å². The molecule has 2 fully saturated rings. The van der Waals surface area contributed by atoms with Crippen molar-refractivity contribution in [2.24, 2.45) is 5.92 Å². The molecule has 0 N–H and O–H groups in total. The zero-order valence-electron chi connectivity index (χ0n) is 13.7. The summed E-state index contributed by atoms with van der Waals surface area (Å²) in [5, 5.41) is 0. The Balaban J connectivity index is 1.85. The van der Waals surface area contributed by atoms with Gasteiger partial charge in [-0.2, -0.15) is 0 Å². The second-order valence-corrected chi connectivity index (χ2v) is 6.57. The van der Waals surface area contributed by atoms with Crippen molar-refractivity contribution < 1.29 is 9.59 Å². The van der Waals surface area contributed by atoms with Crippen LogP contribution >= 0.6 is 0 Å². The Morgan fingerprint density at radius 2 is 1.71 bits per heavy atom. The Morgan fingerprint density at radius 1 is 1.10 bits per heavy atom. The van der Waals surface area contributed by atoms with Gasteiger partial charge in [0.25, 0.3) is 0 Å². The third-order valence-corrected chi connectivity index (χ3v) is 4.73. The molecular formula is C15H28N4O2. The van der Waals surface area contributed by atoms with E-state index < -0.39 is 0 Å². The standard InChI is InChI=1S/C15H28N4O2/c1-12-9-17(11-15(21)16(3)4)10-14(12)19-7-5-18(6-8-19)13(2)20/h12,14H,5-11H2,1-4H3/t12-,14+/m1/s1. The van der Waals surface area contributed by atoms with E-state index in [1.54, 1.807) is 25.9 Å². The molecule has 0 radical (unpaired) electrons. The molecule has 2 saturated heterocycles. The van der Waals surface area contributed by atoms with Gasteiger partial charge in [-0.15, -0.1) is 0 Å². The van der Waals surface area contributed by atoms with Gasteiger partial charge in [0.1, 0.15) is 0 Å². The highest BCUT2D eigenvalue weighted by molar-refractivity contribution is 5.77. The average molecular weight is 296 g/mol. The predicted molar refractivity (Wildman–Crippen MR) is 81.9 cm³/mol. The van der Waals surface area contributed by atoms with E-state index >= 15 is 0 Å². The van der Waals surface area contributed by atoms with Crippen molar-refractivity contribution in [3.8, 4) is 0 Å². The summed E-state index contributed by atoms with van der Waals surface area (Å²) in [6.07, 6.45) is 0. The Kier molecular flexibility index (Phi) is 5.22. The Bertz CT molecular complexity index is 391. The van der Waals surface area contributed by atoms with Gasteiger partial charge in [-0.3, -0.25) is 19.4 Å². The van der Waals surface area contributed by atoms with Crippen LogP contribution < -0.4 is 0 Å². The summed E-state index contributed by atoms with van der Waals surface area (Å²) in [6, 6.07) is 0.508. The molecule has 2 rings (SSSR count). The van der Waals surface area contributed by atoms with Gasteiger partial charge in [0.2, 0.25) is 11.8 Å². The molecule has 2 atom stereocenters. The summed E-state index contributed by atoms with van der Waals surface area (Å²) >= 11 is 0. The van der Waals surface area contributed by atoms with Gasteiger partial charge in [-0.1, -0.05) is 6.92 Å². The maximum atomic E-state index is 11.8. The summed E-state index contributed by atoms with van der Waals surface area (Å²) in [6.45, 7) is 9.92. The minimum absolute atomic E-state index is 0.171. The number of carbonyl (C=O) groups excluding carboxylic acids is 2. The van der Waals surface area contributed by atoms with Gasteiger partial charge in [0.05, 0.1) is 6.54 Å². The van der Waals surface area contributed by atoms with Crippen LogP contribution in [0.3, 0.4) is 0 Å². The third kappa shape index (κ3) is 3.95. The SMILES string of the molecule is CC(=O)N1CCN([C@H]2CN(CC(=O)N(C)C)C[C@H]2C)CC1. The molecule has 0 aromatic carbocycles. The van der Waals surface area contributed by atoms with E-state index in [4.69, 9.17) is 0 Å². The molecule has 0 aromatic heterocycles. The lowest BCUT2D eigenvalue weighted by Crippen LogP contribution is -2.53. The molecule has 2 amide bonds. The Labute approximate surface area is 127 Å². The fraction of sp³-hybridized carbons (Fsp3) is 0.867. The van der Waals surface area contributed by atoms with Gasteiger partial charge in [0, 0.05) is 66.3 Å². The number of hydrogen-bond donors (Lipinski definition) is 0. The monoisotopic (exact) mass is 296 g/mol. The lowest BCUT2D eigenvalue weighted by atomic mass is 10.0. The topological polar surface area (TPSA) is 47.1 Å². The second-order valence-electron chi connectivity index (χ2n) is 6.57. The van der Waals surface area contributed by atoms with Crippen molar-refractivity contribution in [2.75, 3.05) is 59.9 Å². The van der Waals surface area contributed by atoms with Gasteiger partial charge >= 0.3 is 0 Å². The zero-order valence-corrected chi connectivity index (χ0v) is 13.7. The van der Waals surface area contributed by atoms with Gasteiger partial charge in [-0.05, 0) is 5.92 Å². The lowest BCUT2D eigenvalue weighted by Gasteiger charge is -2.39. The highest BCUT2D eigenvalue weighted by atomic mass is 16.2. The van der Waals surface area contributed by atoms with E-state index in [1.165, 1.54) is 0 Å². The number of carbonyl (C=O) groups is 2. The normalized spacial score (nSPS) is 27.9. The van der Waals surface area contributed by atoms with Crippen molar-refractivity contribution in [3.05, 3.63) is 0 Å². The molecule has 6 heteroatoms. The van der Waals surface area contributed by atoms with E-state index in [1.807, 2.05) is 4.90 Å². The number of piperazine rings is 1. The van der Waals surface area contributed by atoms with Crippen molar-refractivity contribution in [3.63, 3.8) is 0 Å². The van der Waals surface area contributed by atoms with Gasteiger partial charge < -0.3 is 9.80 Å². The van der Waals surface area contributed by atoms with Crippen LogP contribution in [0.2, 0.25) is 0 Å². The van der Waals surface area contributed by atoms with E-state index in [2.05, 4.69) is 16.7 Å². The second kappa shape index (κ2) is 6.75. The summed E-state index contributed by atoms with van der Waals surface area (Å²) in [5.74, 6) is 0.917. The summed E-state index contributed by atoms with van der Waals surface area (Å²) < 4.78 is 0. The molecule has 0 aliphatic carbocycles. The first-order chi connectivity index (χ1) is 9.88. The summed E-state index contributed by atoms with van der Waals surface area (Å²) in [5.41, 5.74) is 0. The smallest absolute Gasteiger partial charge is 0.236 e. The van der Waals surface area contributed by atoms with E-state index in [0.29, 0.717) is 18.5 Å². The molecule has 0 unspecified atom stereocenters. The summed E-state index contributed by atoms with van der Waals surface area (Å²) in [7, 11) is 3.61. The van der Waals surface area contributed by atoms with Crippen LogP contribution in [-0.2, 0) is 9.59 Å². The van der Waals surface area contributed by atoms with Gasteiger partial charge in [0.15, 0.2) is 0 Å². The predicted octanol–water partition coefficient (Wildman–Crippen LogP) is -0.441. The first kappa shape index (κ1) is 16.2. The van der Waals surface area contributed by atoms with Gasteiger partial charge in [-0.25, -0.2) is 0 Å². The quantitative estimate of drug-likeness (QED) is 0.708. The van der Waals surface area contributed by atoms with Crippen LogP contribution in [-0.4, -0.2) is 97.4 Å². The molecule has 6 nitrogen and oxygen atoms in total.